The van der Waals surface area contributed by atoms with Gasteiger partial charge in [0.1, 0.15) is 27.9 Å². The predicted octanol–water partition coefficient (Wildman–Crippen LogP) is 5.84. The first-order valence-electron chi connectivity index (χ1n) is 16.2. The molecule has 0 radical (unpaired) electrons. The summed E-state index contributed by atoms with van der Waals surface area (Å²) in [5, 5.41) is 5.09. The van der Waals surface area contributed by atoms with Gasteiger partial charge in [0.15, 0.2) is 5.82 Å². The van der Waals surface area contributed by atoms with Crippen molar-refractivity contribution in [1.29, 1.82) is 0 Å². The lowest BCUT2D eigenvalue weighted by Gasteiger charge is -2.45. The van der Waals surface area contributed by atoms with E-state index < -0.39 is 43.4 Å². The van der Waals surface area contributed by atoms with E-state index in [-0.39, 0.29) is 18.9 Å². The topological polar surface area (TPSA) is 102 Å². The molecule has 2 unspecified atom stereocenters. The maximum absolute atomic E-state index is 15.1. The molecule has 1 aromatic heterocycles. The zero-order valence-electron chi connectivity index (χ0n) is 26.2. The minimum Gasteiger partial charge on any atom is -0.338 e. The zero-order valence-corrected chi connectivity index (χ0v) is 27.0. The highest BCUT2D eigenvalue weighted by Gasteiger charge is 2.44. The van der Waals surface area contributed by atoms with Crippen molar-refractivity contribution in [3.63, 3.8) is 0 Å². The molecule has 3 aromatic carbocycles. The number of fused-ring (bicyclic) bond motifs is 3. The van der Waals surface area contributed by atoms with Gasteiger partial charge >= 0.3 is 0 Å². The SMILES string of the molecule is Cc1nc2ccccc2n1C1CC2CCC(C1)N2CCC1(c2cccc(F)c2)CCN(C(=O)c2c(F)ccc(S(N)(=O)=O)c2F)CC1. The highest BCUT2D eigenvalue weighted by atomic mass is 32.2. The molecule has 3 aliphatic rings. The second-order valence-electron chi connectivity index (χ2n) is 13.4. The number of sulfonamides is 1. The van der Waals surface area contributed by atoms with Crippen LogP contribution in [0.3, 0.4) is 0 Å². The number of benzene rings is 3. The number of likely N-dealkylation sites (tertiary alicyclic amines) is 1. The van der Waals surface area contributed by atoms with Crippen LogP contribution in [0.2, 0.25) is 0 Å². The molecule has 0 aliphatic carbocycles. The first-order chi connectivity index (χ1) is 22.4. The van der Waals surface area contributed by atoms with Crippen molar-refractivity contribution < 1.29 is 26.4 Å². The van der Waals surface area contributed by atoms with E-state index in [0.717, 1.165) is 67.7 Å². The second-order valence-corrected chi connectivity index (χ2v) is 14.9. The van der Waals surface area contributed by atoms with Crippen LogP contribution in [0.5, 0.6) is 0 Å². The first-order valence-corrected chi connectivity index (χ1v) is 17.8. The molecule has 4 heterocycles. The number of para-hydroxylation sites is 2. The van der Waals surface area contributed by atoms with Crippen molar-refractivity contribution in [3.8, 4) is 0 Å². The van der Waals surface area contributed by atoms with E-state index >= 15 is 4.39 Å². The second kappa shape index (κ2) is 12.1. The number of aryl methyl sites for hydroxylation is 1. The zero-order chi connectivity index (χ0) is 33.1. The van der Waals surface area contributed by atoms with Gasteiger partial charge in [-0.15, -0.1) is 0 Å². The molecule has 12 heteroatoms. The van der Waals surface area contributed by atoms with Gasteiger partial charge in [-0.3, -0.25) is 9.69 Å². The van der Waals surface area contributed by atoms with Gasteiger partial charge in [-0.25, -0.2) is 31.7 Å². The third kappa shape index (κ3) is 5.74. The number of imidazole rings is 1. The van der Waals surface area contributed by atoms with Gasteiger partial charge in [0.25, 0.3) is 5.91 Å². The summed E-state index contributed by atoms with van der Waals surface area (Å²) in [4.78, 5) is 21.2. The minimum atomic E-state index is -4.50. The average Bonchev–Trinajstić information content (AvgIpc) is 3.49. The third-order valence-corrected chi connectivity index (χ3v) is 11.8. The molecule has 0 saturated carbocycles. The molecule has 2 atom stereocenters. The van der Waals surface area contributed by atoms with Gasteiger partial charge < -0.3 is 9.47 Å². The van der Waals surface area contributed by atoms with Crippen LogP contribution in [-0.4, -0.2) is 65.4 Å². The van der Waals surface area contributed by atoms with Gasteiger partial charge in [0, 0.05) is 31.2 Å². The number of carbonyl (C=O) groups is 1. The Hall–Kier alpha value is -3.74. The number of aromatic nitrogens is 2. The summed E-state index contributed by atoms with van der Waals surface area (Å²) in [6, 6.07) is 17.5. The number of nitrogens with two attached hydrogens (primary N) is 1. The Kier molecular flexibility index (Phi) is 8.16. The minimum absolute atomic E-state index is 0.176. The Morgan fingerprint density at radius 2 is 1.66 bits per heavy atom. The molecule has 1 amide bonds. The Balaban J connectivity index is 1.09. The molecule has 47 heavy (non-hydrogen) atoms. The van der Waals surface area contributed by atoms with E-state index in [2.05, 4.69) is 34.6 Å². The van der Waals surface area contributed by atoms with Crippen molar-refractivity contribution in [2.24, 2.45) is 5.14 Å². The number of piperidine rings is 2. The number of amides is 1. The maximum Gasteiger partial charge on any atom is 0.259 e. The van der Waals surface area contributed by atoms with Gasteiger partial charge in [-0.05, 0) is 106 Å². The summed E-state index contributed by atoms with van der Waals surface area (Å²) in [7, 11) is -4.50. The van der Waals surface area contributed by atoms with Crippen LogP contribution in [0.4, 0.5) is 13.2 Å². The van der Waals surface area contributed by atoms with E-state index in [1.807, 2.05) is 12.1 Å². The molecule has 3 saturated heterocycles. The third-order valence-electron chi connectivity index (χ3n) is 10.9. The van der Waals surface area contributed by atoms with Gasteiger partial charge in [-0.1, -0.05) is 24.3 Å². The molecular weight excluding hydrogens is 627 g/mol. The first kappa shape index (κ1) is 31.8. The molecular formula is C35H38F3N5O3S. The molecule has 2 N–H and O–H groups in total. The van der Waals surface area contributed by atoms with Crippen LogP contribution in [-0.2, 0) is 15.4 Å². The predicted molar refractivity (Wildman–Crippen MR) is 172 cm³/mol. The van der Waals surface area contributed by atoms with E-state index in [9.17, 15) is 22.0 Å². The summed E-state index contributed by atoms with van der Waals surface area (Å²) in [6.45, 7) is 3.25. The lowest BCUT2D eigenvalue weighted by molar-refractivity contribution is 0.0598. The highest BCUT2D eigenvalue weighted by molar-refractivity contribution is 7.89. The average molecular weight is 666 g/mol. The van der Waals surface area contributed by atoms with E-state index in [1.165, 1.54) is 16.5 Å². The van der Waals surface area contributed by atoms with Crippen LogP contribution in [0.15, 0.2) is 65.6 Å². The fraction of sp³-hybridized carbons (Fsp3) is 0.429. The van der Waals surface area contributed by atoms with Crippen LogP contribution < -0.4 is 5.14 Å². The largest absolute Gasteiger partial charge is 0.338 e. The number of primary sulfonamides is 1. The number of rotatable bonds is 7. The highest BCUT2D eigenvalue weighted by Crippen LogP contribution is 2.45. The summed E-state index contributed by atoms with van der Waals surface area (Å²) in [6.07, 6.45) is 5.97. The quantitative estimate of drug-likeness (QED) is 0.267. The van der Waals surface area contributed by atoms with E-state index in [4.69, 9.17) is 10.1 Å². The van der Waals surface area contributed by atoms with Gasteiger partial charge in [-0.2, -0.15) is 0 Å². The Morgan fingerprint density at radius 3 is 2.34 bits per heavy atom. The maximum atomic E-state index is 15.1. The normalized spacial score (nSPS) is 23.0. The molecule has 248 valence electrons. The van der Waals surface area contributed by atoms with Crippen molar-refractivity contribution in [2.75, 3.05) is 19.6 Å². The van der Waals surface area contributed by atoms with Crippen molar-refractivity contribution >= 4 is 27.0 Å². The molecule has 3 fully saturated rings. The van der Waals surface area contributed by atoms with Gasteiger partial charge in [0.05, 0.1) is 11.0 Å². The molecule has 3 aliphatic heterocycles. The summed E-state index contributed by atoms with van der Waals surface area (Å²) in [5.74, 6) is -2.88. The fourth-order valence-corrected chi connectivity index (χ4v) is 9.15. The lowest BCUT2D eigenvalue weighted by atomic mass is 9.70. The molecule has 8 nitrogen and oxygen atoms in total. The molecule has 7 rings (SSSR count). The van der Waals surface area contributed by atoms with Crippen LogP contribution in [0.25, 0.3) is 11.0 Å². The summed E-state index contributed by atoms with van der Waals surface area (Å²) < 4.78 is 70.5. The van der Waals surface area contributed by atoms with E-state index in [1.54, 1.807) is 12.1 Å². The molecule has 2 bridgehead atoms. The standard InChI is InChI=1S/C35H38F3N5O3S/c1-22-40-29-7-2-3-8-30(29)43(22)27-20-25-9-10-26(21-27)42(25)18-15-35(23-5-4-6-24(36)19-23)13-16-41(17-14-35)34(44)32-28(37)11-12-31(33(32)38)47(39,45)46/h2-8,11-12,19,25-27H,9-10,13-18,20-21H2,1H3,(H2,39,45,46). The number of carbonyl (C=O) groups excluding carboxylic acids is 1. The number of halogens is 3. The van der Waals surface area contributed by atoms with Crippen LogP contribution in [0.1, 0.15) is 72.7 Å². The summed E-state index contributed by atoms with van der Waals surface area (Å²) in [5.41, 5.74) is 1.65. The Morgan fingerprint density at radius 1 is 0.957 bits per heavy atom. The smallest absolute Gasteiger partial charge is 0.259 e. The Bertz CT molecular complexity index is 1940. The Labute approximate surface area is 272 Å². The fourth-order valence-electron chi connectivity index (χ4n) is 8.54. The van der Waals surface area contributed by atoms with Crippen molar-refractivity contribution in [2.45, 2.75) is 80.3 Å². The van der Waals surface area contributed by atoms with Gasteiger partial charge in [0.2, 0.25) is 10.0 Å². The van der Waals surface area contributed by atoms with Crippen molar-refractivity contribution in [3.05, 3.63) is 95.1 Å². The van der Waals surface area contributed by atoms with E-state index in [0.29, 0.717) is 31.0 Å². The van der Waals surface area contributed by atoms with Crippen LogP contribution in [0, 0.1) is 24.4 Å². The van der Waals surface area contributed by atoms with Crippen molar-refractivity contribution in [1.82, 2.24) is 19.4 Å². The lowest BCUT2D eigenvalue weighted by Crippen LogP contribution is -2.49. The number of nitrogens with zero attached hydrogens (tertiary/aromatic N) is 4. The van der Waals surface area contributed by atoms with Crippen LogP contribution >= 0.6 is 0 Å². The monoisotopic (exact) mass is 665 g/mol. The molecule has 0 spiro atoms. The summed E-state index contributed by atoms with van der Waals surface area (Å²) >= 11 is 0. The number of hydrogen-bond donors (Lipinski definition) is 1. The number of hydrogen-bond acceptors (Lipinski definition) is 5. The molecule has 4 aromatic rings.